The van der Waals surface area contributed by atoms with E-state index >= 15 is 0 Å². The molecule has 1 N–H and O–H groups in total. The molecule has 0 spiro atoms. The number of nitrogens with zero attached hydrogens (tertiary/aromatic N) is 2. The fourth-order valence-corrected chi connectivity index (χ4v) is 5.51. The number of hydrogen-bond donors (Lipinski definition) is 1. The molecule has 10 heteroatoms. The van der Waals surface area contributed by atoms with Crippen LogP contribution in [0.25, 0.3) is 0 Å². The van der Waals surface area contributed by atoms with E-state index in [1.165, 1.54) is 11.3 Å². The van der Waals surface area contributed by atoms with Crippen LogP contribution in [0.1, 0.15) is 59.8 Å². The third kappa shape index (κ3) is 6.55. The lowest BCUT2D eigenvalue weighted by Crippen LogP contribution is -2.47. The maximum Gasteiger partial charge on any atom is 0.276 e. The zero-order valence-corrected chi connectivity index (χ0v) is 23.0. The van der Waals surface area contributed by atoms with Crippen LogP contribution in [0.15, 0.2) is 48.5 Å². The molecule has 1 atom stereocenters. The van der Waals surface area contributed by atoms with Gasteiger partial charge in [0.1, 0.15) is 26.9 Å². The van der Waals surface area contributed by atoms with Gasteiger partial charge in [-0.05, 0) is 59.8 Å². The predicted octanol–water partition coefficient (Wildman–Crippen LogP) is 6.30. The van der Waals surface area contributed by atoms with Gasteiger partial charge in [-0.2, -0.15) is 4.37 Å². The Morgan fingerprint density at radius 1 is 1.00 bits per heavy atom. The fourth-order valence-electron chi connectivity index (χ4n) is 4.52. The van der Waals surface area contributed by atoms with Crippen LogP contribution in [0, 0.1) is 0 Å². The largest absolute Gasteiger partial charge is 0.497 e. The molecular weight excluding hydrogens is 533 g/mol. The van der Waals surface area contributed by atoms with Crippen LogP contribution in [-0.4, -0.2) is 41.3 Å². The molecule has 1 aromatic heterocycles. The Hall–Kier alpha value is -2.81. The van der Waals surface area contributed by atoms with Gasteiger partial charge in [-0.3, -0.25) is 9.59 Å². The quantitative estimate of drug-likeness (QED) is 0.331. The van der Waals surface area contributed by atoms with Gasteiger partial charge in [0.05, 0.1) is 14.2 Å². The topological polar surface area (TPSA) is 80.8 Å². The summed E-state index contributed by atoms with van der Waals surface area (Å²) in [5.74, 6) is 0.607. The lowest BCUT2D eigenvalue weighted by atomic mass is 9.94. The van der Waals surface area contributed by atoms with E-state index in [-0.39, 0.29) is 33.5 Å². The molecular formula is C27H29Cl2N3O4S. The molecule has 37 heavy (non-hydrogen) atoms. The third-order valence-corrected chi connectivity index (χ3v) is 8.13. The van der Waals surface area contributed by atoms with E-state index in [2.05, 4.69) is 9.69 Å². The smallest absolute Gasteiger partial charge is 0.276 e. The molecule has 196 valence electrons. The number of ether oxygens (including phenoxy) is 2. The molecule has 0 radical (unpaired) electrons. The minimum absolute atomic E-state index is 0.0224. The molecule has 0 bridgehead atoms. The van der Waals surface area contributed by atoms with Crippen molar-refractivity contribution < 1.29 is 19.1 Å². The first-order valence-corrected chi connectivity index (χ1v) is 13.6. The first-order chi connectivity index (χ1) is 17.9. The molecule has 3 aromatic rings. The maximum atomic E-state index is 13.9. The van der Waals surface area contributed by atoms with Crippen molar-refractivity contribution in [2.24, 2.45) is 0 Å². The number of methoxy groups -OCH3 is 2. The zero-order valence-electron chi connectivity index (χ0n) is 20.7. The van der Waals surface area contributed by atoms with Gasteiger partial charge in [-0.25, -0.2) is 0 Å². The van der Waals surface area contributed by atoms with Crippen molar-refractivity contribution in [1.29, 1.82) is 0 Å². The number of carbonyl (C=O) groups excluding carboxylic acids is 2. The van der Waals surface area contributed by atoms with Gasteiger partial charge in [0.2, 0.25) is 5.91 Å². The van der Waals surface area contributed by atoms with Crippen LogP contribution in [-0.2, 0) is 11.3 Å². The predicted molar refractivity (Wildman–Crippen MR) is 146 cm³/mol. The molecule has 7 nitrogen and oxygen atoms in total. The Bertz CT molecular complexity index is 1210. The average Bonchev–Trinajstić information content (AvgIpc) is 3.27. The molecule has 2 amide bonds. The minimum atomic E-state index is -0.932. The second-order valence-corrected chi connectivity index (χ2v) is 10.7. The highest BCUT2D eigenvalue weighted by Crippen LogP contribution is 2.34. The van der Waals surface area contributed by atoms with E-state index < -0.39 is 11.9 Å². The number of nitrogens with one attached hydrogen (secondary N) is 1. The number of carbonyl (C=O) groups is 2. The summed E-state index contributed by atoms with van der Waals surface area (Å²) in [6, 6.07) is 13.6. The number of halogens is 2. The van der Waals surface area contributed by atoms with Crippen LogP contribution in [0.2, 0.25) is 9.36 Å². The van der Waals surface area contributed by atoms with Crippen molar-refractivity contribution in [1.82, 2.24) is 14.6 Å². The Kier molecular flexibility index (Phi) is 9.29. The Balaban J connectivity index is 1.76. The highest BCUT2D eigenvalue weighted by atomic mass is 35.5. The summed E-state index contributed by atoms with van der Waals surface area (Å²) in [5, 5.41) is 3.28. The number of rotatable bonds is 9. The van der Waals surface area contributed by atoms with E-state index in [4.69, 9.17) is 32.7 Å². The van der Waals surface area contributed by atoms with Crippen LogP contribution in [0.3, 0.4) is 0 Å². The van der Waals surface area contributed by atoms with Crippen LogP contribution in [0.5, 0.6) is 11.5 Å². The minimum Gasteiger partial charge on any atom is -0.497 e. The summed E-state index contributed by atoms with van der Waals surface area (Å²) in [6.07, 6.45) is 5.14. The molecule has 4 rings (SSSR count). The second-order valence-electron chi connectivity index (χ2n) is 8.92. The fraction of sp³-hybridized carbons (Fsp3) is 0.370. The second kappa shape index (κ2) is 12.6. The molecule has 0 unspecified atom stereocenters. The van der Waals surface area contributed by atoms with Crippen molar-refractivity contribution >= 4 is 46.5 Å². The van der Waals surface area contributed by atoms with Crippen molar-refractivity contribution in [2.75, 3.05) is 14.2 Å². The van der Waals surface area contributed by atoms with Crippen LogP contribution >= 0.6 is 34.7 Å². The number of benzene rings is 2. The molecule has 1 fully saturated rings. The molecule has 1 heterocycles. The summed E-state index contributed by atoms with van der Waals surface area (Å²) in [6.45, 7) is 0.142. The first kappa shape index (κ1) is 27.2. The Labute approximate surface area is 230 Å². The normalized spacial score (nSPS) is 14.6. The highest BCUT2D eigenvalue weighted by Gasteiger charge is 2.35. The van der Waals surface area contributed by atoms with Gasteiger partial charge in [0.15, 0.2) is 5.69 Å². The lowest BCUT2D eigenvalue weighted by Gasteiger charge is -2.33. The van der Waals surface area contributed by atoms with Gasteiger partial charge in [0.25, 0.3) is 5.91 Å². The first-order valence-electron chi connectivity index (χ1n) is 12.1. The van der Waals surface area contributed by atoms with Crippen molar-refractivity contribution in [3.8, 4) is 11.5 Å². The molecule has 0 saturated heterocycles. The van der Waals surface area contributed by atoms with E-state index in [9.17, 15) is 9.59 Å². The molecule has 1 aliphatic carbocycles. The number of aromatic nitrogens is 1. The van der Waals surface area contributed by atoms with Crippen LogP contribution < -0.4 is 14.8 Å². The SMILES string of the molecule is COc1ccc(CN(C(=O)c2nsc(Cl)c2Cl)[C@H](C(=O)NC2CCCCC2)c2ccc(OC)cc2)cc1. The van der Waals surface area contributed by atoms with Gasteiger partial charge < -0.3 is 19.7 Å². The van der Waals surface area contributed by atoms with Gasteiger partial charge in [-0.15, -0.1) is 0 Å². The number of amides is 2. The van der Waals surface area contributed by atoms with E-state index in [1.54, 1.807) is 38.5 Å². The monoisotopic (exact) mass is 561 g/mol. The number of hydrogen-bond acceptors (Lipinski definition) is 6. The van der Waals surface area contributed by atoms with E-state index in [1.807, 2.05) is 24.3 Å². The summed E-state index contributed by atoms with van der Waals surface area (Å²) in [5.41, 5.74) is 1.48. The highest BCUT2D eigenvalue weighted by molar-refractivity contribution is 7.11. The summed E-state index contributed by atoms with van der Waals surface area (Å²) in [7, 11) is 3.17. The van der Waals surface area contributed by atoms with E-state index in [0.29, 0.717) is 17.1 Å². The third-order valence-electron chi connectivity index (χ3n) is 6.52. The van der Waals surface area contributed by atoms with Crippen molar-refractivity contribution in [2.45, 2.75) is 50.7 Å². The van der Waals surface area contributed by atoms with Gasteiger partial charge in [0, 0.05) is 12.6 Å². The van der Waals surface area contributed by atoms with Gasteiger partial charge in [-0.1, -0.05) is 66.7 Å². The summed E-state index contributed by atoms with van der Waals surface area (Å²) in [4.78, 5) is 29.3. The molecule has 1 saturated carbocycles. The standard InChI is InChI=1S/C27H29Cl2N3O4S/c1-35-20-12-8-17(9-13-20)16-32(27(34)23-22(28)25(29)37-31-23)24(18-10-14-21(36-2)15-11-18)26(33)30-19-6-4-3-5-7-19/h8-15,19,24H,3-7,16H2,1-2H3,(H,30,33)/t24-/m0/s1. The van der Waals surface area contributed by atoms with Crippen LogP contribution in [0.4, 0.5) is 0 Å². The van der Waals surface area contributed by atoms with Crippen molar-refractivity contribution in [3.05, 3.63) is 74.7 Å². The molecule has 2 aromatic carbocycles. The Morgan fingerprint density at radius 3 is 2.14 bits per heavy atom. The maximum absolute atomic E-state index is 13.9. The average molecular weight is 563 g/mol. The van der Waals surface area contributed by atoms with Gasteiger partial charge >= 0.3 is 0 Å². The van der Waals surface area contributed by atoms with Crippen molar-refractivity contribution in [3.63, 3.8) is 0 Å². The Morgan fingerprint density at radius 2 is 1.59 bits per heavy atom. The summed E-state index contributed by atoms with van der Waals surface area (Å²) < 4.78 is 15.0. The zero-order chi connectivity index (χ0) is 26.4. The lowest BCUT2D eigenvalue weighted by molar-refractivity contribution is -0.127. The summed E-state index contributed by atoms with van der Waals surface area (Å²) >= 11 is 13.4. The van der Waals surface area contributed by atoms with E-state index in [0.717, 1.165) is 42.8 Å². The molecule has 1 aliphatic rings. The molecule has 0 aliphatic heterocycles.